The normalized spacial score (nSPS) is 23.1. The minimum absolute atomic E-state index is 0.208. The van der Waals surface area contributed by atoms with Crippen molar-refractivity contribution in [1.29, 1.82) is 0 Å². The number of nitrogens with zero attached hydrogens (tertiary/aromatic N) is 2. The van der Waals surface area contributed by atoms with Crippen molar-refractivity contribution in [2.45, 2.75) is 31.6 Å². The Morgan fingerprint density at radius 2 is 1.95 bits per heavy atom. The molecular weight excluding hydrogens is 304 g/mol. The van der Waals surface area contributed by atoms with Gasteiger partial charge in [0.05, 0.1) is 4.92 Å². The standard InChI is InChI=1S/C15H22N2O4S/c1-11-7-8-16(10-12(2)9-11)13-5-4-6-14(22(3,20)21)15(13)17(18)19/h4-6,11-12H,7-10H2,1-3H3. The number of nitro benzene ring substituents is 1. The summed E-state index contributed by atoms with van der Waals surface area (Å²) in [5.74, 6) is 0.983. The van der Waals surface area contributed by atoms with E-state index in [1.807, 2.05) is 4.90 Å². The molecule has 1 aromatic rings. The van der Waals surface area contributed by atoms with Crippen LogP contribution >= 0.6 is 0 Å². The second-order valence-electron chi connectivity index (χ2n) is 6.33. The van der Waals surface area contributed by atoms with Gasteiger partial charge in [0.15, 0.2) is 9.84 Å². The third-order valence-electron chi connectivity index (χ3n) is 4.13. The Morgan fingerprint density at radius 1 is 1.27 bits per heavy atom. The van der Waals surface area contributed by atoms with Gasteiger partial charge in [0, 0.05) is 19.3 Å². The number of sulfone groups is 1. The predicted molar refractivity (Wildman–Crippen MR) is 86.0 cm³/mol. The van der Waals surface area contributed by atoms with E-state index < -0.39 is 14.8 Å². The summed E-state index contributed by atoms with van der Waals surface area (Å²) in [5.41, 5.74) is 0.112. The lowest BCUT2D eigenvalue weighted by molar-refractivity contribution is -0.387. The van der Waals surface area contributed by atoms with E-state index in [2.05, 4.69) is 13.8 Å². The number of nitro groups is 1. The molecule has 0 saturated carbocycles. The molecule has 2 rings (SSSR count). The lowest BCUT2D eigenvalue weighted by atomic mass is 9.97. The van der Waals surface area contributed by atoms with Crippen molar-refractivity contribution in [3.05, 3.63) is 28.3 Å². The average Bonchev–Trinajstić information content (AvgIpc) is 2.57. The summed E-state index contributed by atoms with van der Waals surface area (Å²) in [5, 5.41) is 11.5. The zero-order valence-electron chi connectivity index (χ0n) is 13.2. The Labute approximate surface area is 131 Å². The van der Waals surface area contributed by atoms with Gasteiger partial charge >= 0.3 is 5.69 Å². The molecule has 0 bridgehead atoms. The summed E-state index contributed by atoms with van der Waals surface area (Å²) in [6, 6.07) is 4.54. The monoisotopic (exact) mass is 326 g/mol. The summed E-state index contributed by atoms with van der Waals surface area (Å²) in [7, 11) is -3.64. The molecule has 0 aliphatic carbocycles. The fourth-order valence-corrected chi connectivity index (χ4v) is 4.05. The quantitative estimate of drug-likeness (QED) is 0.630. The van der Waals surface area contributed by atoms with Gasteiger partial charge in [-0.05, 0) is 36.8 Å². The number of anilines is 1. The minimum atomic E-state index is -3.64. The van der Waals surface area contributed by atoms with Crippen LogP contribution in [0.3, 0.4) is 0 Å². The molecule has 1 heterocycles. The lowest BCUT2D eigenvalue weighted by Crippen LogP contribution is -2.28. The van der Waals surface area contributed by atoms with Crippen molar-refractivity contribution < 1.29 is 13.3 Å². The number of para-hydroxylation sites is 1. The van der Waals surface area contributed by atoms with E-state index >= 15 is 0 Å². The maximum Gasteiger partial charge on any atom is 0.311 e. The van der Waals surface area contributed by atoms with Gasteiger partial charge in [0.2, 0.25) is 0 Å². The summed E-state index contributed by atoms with van der Waals surface area (Å²) >= 11 is 0. The molecule has 2 unspecified atom stereocenters. The van der Waals surface area contributed by atoms with Crippen molar-refractivity contribution in [2.75, 3.05) is 24.2 Å². The molecule has 122 valence electrons. The molecule has 2 atom stereocenters. The van der Waals surface area contributed by atoms with Crippen LogP contribution in [-0.2, 0) is 9.84 Å². The van der Waals surface area contributed by atoms with E-state index in [9.17, 15) is 18.5 Å². The van der Waals surface area contributed by atoms with Crippen LogP contribution in [0.5, 0.6) is 0 Å². The van der Waals surface area contributed by atoms with Crippen molar-refractivity contribution in [1.82, 2.24) is 0 Å². The van der Waals surface area contributed by atoms with Crippen molar-refractivity contribution >= 4 is 21.2 Å². The molecule has 0 N–H and O–H groups in total. The first-order valence-electron chi connectivity index (χ1n) is 7.42. The van der Waals surface area contributed by atoms with E-state index in [0.717, 1.165) is 19.1 Å². The largest absolute Gasteiger partial charge is 0.366 e. The zero-order chi connectivity index (χ0) is 16.5. The molecule has 22 heavy (non-hydrogen) atoms. The van der Waals surface area contributed by atoms with Crippen LogP contribution in [0.1, 0.15) is 26.7 Å². The van der Waals surface area contributed by atoms with Gasteiger partial charge in [-0.25, -0.2) is 8.42 Å². The zero-order valence-corrected chi connectivity index (χ0v) is 14.0. The van der Waals surface area contributed by atoms with Crippen LogP contribution in [0.25, 0.3) is 0 Å². The van der Waals surface area contributed by atoms with Gasteiger partial charge in [-0.15, -0.1) is 0 Å². The van der Waals surface area contributed by atoms with Gasteiger partial charge < -0.3 is 4.90 Å². The SMILES string of the molecule is CC1CCN(c2cccc(S(C)(=O)=O)c2[N+](=O)[O-])CC(C)C1. The number of hydrogen-bond acceptors (Lipinski definition) is 5. The summed E-state index contributed by atoms with van der Waals surface area (Å²) in [6.45, 7) is 5.72. The lowest BCUT2D eigenvalue weighted by Gasteiger charge is -2.25. The molecule has 0 radical (unpaired) electrons. The summed E-state index contributed by atoms with van der Waals surface area (Å²) in [4.78, 5) is 12.7. The second kappa shape index (κ2) is 6.24. The Hall–Kier alpha value is -1.63. The first-order valence-corrected chi connectivity index (χ1v) is 9.31. The third kappa shape index (κ3) is 3.58. The van der Waals surface area contributed by atoms with Gasteiger partial charge in [0.1, 0.15) is 10.6 Å². The van der Waals surface area contributed by atoms with E-state index in [1.54, 1.807) is 12.1 Å². The fourth-order valence-electron chi connectivity index (χ4n) is 3.19. The molecule has 1 aromatic carbocycles. The maximum atomic E-state index is 11.9. The molecule has 0 aromatic heterocycles. The third-order valence-corrected chi connectivity index (χ3v) is 5.26. The minimum Gasteiger partial charge on any atom is -0.366 e. The van der Waals surface area contributed by atoms with Crippen LogP contribution in [0, 0.1) is 22.0 Å². The smallest absolute Gasteiger partial charge is 0.311 e. The topological polar surface area (TPSA) is 80.5 Å². The predicted octanol–water partition coefficient (Wildman–Crippen LogP) is 2.87. The molecule has 0 amide bonds. The molecule has 7 heteroatoms. The highest BCUT2D eigenvalue weighted by Gasteiger charge is 2.30. The van der Waals surface area contributed by atoms with Gasteiger partial charge in [-0.3, -0.25) is 10.1 Å². The first-order chi connectivity index (χ1) is 10.2. The second-order valence-corrected chi connectivity index (χ2v) is 8.32. The Kier molecular flexibility index (Phi) is 4.75. The molecule has 1 aliphatic heterocycles. The van der Waals surface area contributed by atoms with E-state index in [-0.39, 0.29) is 10.6 Å². The highest BCUT2D eigenvalue weighted by Crippen LogP contribution is 2.36. The van der Waals surface area contributed by atoms with Gasteiger partial charge in [-0.2, -0.15) is 0 Å². The molecular formula is C15H22N2O4S. The number of rotatable bonds is 3. The molecule has 1 fully saturated rings. The first kappa shape index (κ1) is 16.7. The van der Waals surface area contributed by atoms with Crippen LogP contribution in [0.2, 0.25) is 0 Å². The van der Waals surface area contributed by atoms with Gasteiger partial charge in [-0.1, -0.05) is 19.9 Å². The Bertz CT molecular complexity index is 672. The molecule has 1 aliphatic rings. The highest BCUT2D eigenvalue weighted by molar-refractivity contribution is 7.90. The van der Waals surface area contributed by atoms with E-state index in [0.29, 0.717) is 30.6 Å². The van der Waals surface area contributed by atoms with Crippen LogP contribution in [0.15, 0.2) is 23.1 Å². The maximum absolute atomic E-state index is 11.9. The summed E-state index contributed by atoms with van der Waals surface area (Å²) < 4.78 is 23.7. The Balaban J connectivity index is 2.53. The van der Waals surface area contributed by atoms with Crippen LogP contribution in [0.4, 0.5) is 11.4 Å². The van der Waals surface area contributed by atoms with E-state index in [1.165, 1.54) is 6.07 Å². The van der Waals surface area contributed by atoms with E-state index in [4.69, 9.17) is 0 Å². The molecule has 0 spiro atoms. The average molecular weight is 326 g/mol. The van der Waals surface area contributed by atoms with Crippen molar-refractivity contribution in [3.8, 4) is 0 Å². The van der Waals surface area contributed by atoms with Crippen molar-refractivity contribution in [2.24, 2.45) is 11.8 Å². The van der Waals surface area contributed by atoms with Crippen LogP contribution < -0.4 is 4.90 Å². The summed E-state index contributed by atoms with van der Waals surface area (Å²) in [6.07, 6.45) is 3.03. The fraction of sp³-hybridized carbons (Fsp3) is 0.600. The Morgan fingerprint density at radius 3 is 2.55 bits per heavy atom. The molecule has 6 nitrogen and oxygen atoms in total. The van der Waals surface area contributed by atoms with Crippen molar-refractivity contribution in [3.63, 3.8) is 0 Å². The van der Waals surface area contributed by atoms with Gasteiger partial charge in [0.25, 0.3) is 0 Å². The number of benzene rings is 1. The number of hydrogen-bond donors (Lipinski definition) is 0. The highest BCUT2D eigenvalue weighted by atomic mass is 32.2. The van der Waals surface area contributed by atoms with Crippen LogP contribution in [-0.4, -0.2) is 32.7 Å². The molecule has 1 saturated heterocycles.